The maximum Gasteiger partial charge on any atom is 0.287 e. The number of aromatic nitrogens is 2. The molecule has 0 spiro atoms. The lowest BCUT2D eigenvalue weighted by Crippen LogP contribution is -2.40. The Kier molecular flexibility index (Phi) is 6.21. The third-order valence-corrected chi connectivity index (χ3v) is 6.34. The summed E-state index contributed by atoms with van der Waals surface area (Å²) in [6.45, 7) is 8.27. The number of hydrogen-bond acceptors (Lipinski definition) is 6. The van der Waals surface area contributed by atoms with E-state index in [2.05, 4.69) is 10.4 Å². The second-order valence-electron chi connectivity index (χ2n) is 7.06. The minimum absolute atomic E-state index is 0.0230. The summed E-state index contributed by atoms with van der Waals surface area (Å²) < 4.78 is 38.8. The van der Waals surface area contributed by atoms with Gasteiger partial charge in [-0.25, -0.2) is 8.42 Å². The maximum atomic E-state index is 12.6. The van der Waals surface area contributed by atoms with E-state index in [4.69, 9.17) is 9.15 Å². The van der Waals surface area contributed by atoms with Crippen LogP contribution in [0.4, 0.5) is 0 Å². The van der Waals surface area contributed by atoms with Crippen LogP contribution in [0.2, 0.25) is 0 Å². The van der Waals surface area contributed by atoms with Gasteiger partial charge < -0.3 is 14.5 Å². The second-order valence-corrected chi connectivity index (χ2v) is 8.93. The summed E-state index contributed by atoms with van der Waals surface area (Å²) in [4.78, 5) is 12.3. The molecule has 3 heterocycles. The van der Waals surface area contributed by atoms with Crippen LogP contribution in [0, 0.1) is 19.8 Å². The zero-order chi connectivity index (χ0) is 20.3. The molecule has 1 atom stereocenters. The van der Waals surface area contributed by atoms with E-state index in [0.29, 0.717) is 26.3 Å². The summed E-state index contributed by atoms with van der Waals surface area (Å²) in [6.07, 6.45) is 0. The van der Waals surface area contributed by atoms with Gasteiger partial charge in [-0.05, 0) is 38.0 Å². The van der Waals surface area contributed by atoms with Gasteiger partial charge in [-0.15, -0.1) is 0 Å². The minimum Gasteiger partial charge on any atom is -0.438 e. The molecule has 1 saturated heterocycles. The van der Waals surface area contributed by atoms with Crippen LogP contribution in [-0.2, 0) is 21.3 Å². The molecule has 1 N–H and O–H groups in total. The van der Waals surface area contributed by atoms with Crippen LogP contribution < -0.4 is 5.32 Å². The summed E-state index contributed by atoms with van der Waals surface area (Å²) in [5.74, 6) is -0.317. The van der Waals surface area contributed by atoms with Gasteiger partial charge in [-0.1, -0.05) is 6.92 Å². The van der Waals surface area contributed by atoms with Crippen molar-refractivity contribution in [2.24, 2.45) is 5.92 Å². The largest absolute Gasteiger partial charge is 0.438 e. The Hall–Kier alpha value is -2.17. The molecule has 1 aliphatic rings. The molecule has 10 heteroatoms. The molecule has 0 aromatic carbocycles. The molecule has 0 saturated carbocycles. The number of amides is 1. The van der Waals surface area contributed by atoms with Gasteiger partial charge in [0.15, 0.2) is 5.76 Å². The first-order valence-electron chi connectivity index (χ1n) is 9.24. The molecule has 9 nitrogen and oxygen atoms in total. The Labute approximate surface area is 164 Å². The van der Waals surface area contributed by atoms with Crippen LogP contribution in [-0.4, -0.2) is 61.3 Å². The lowest BCUT2D eigenvalue weighted by atomic mass is 10.2. The average molecular weight is 410 g/mol. The number of nitrogens with one attached hydrogen (secondary N) is 1. The Morgan fingerprint density at radius 3 is 2.64 bits per heavy atom. The first-order chi connectivity index (χ1) is 13.3. The Bertz CT molecular complexity index is 928. The molecule has 1 aliphatic heterocycles. The van der Waals surface area contributed by atoms with Crippen LogP contribution in [0.3, 0.4) is 0 Å². The van der Waals surface area contributed by atoms with Gasteiger partial charge in [0.1, 0.15) is 0 Å². The number of hydrogen-bond donors (Lipinski definition) is 1. The summed E-state index contributed by atoms with van der Waals surface area (Å²) in [5.41, 5.74) is 2.03. The molecule has 0 radical (unpaired) electrons. The van der Waals surface area contributed by atoms with Crippen molar-refractivity contribution in [1.29, 1.82) is 0 Å². The number of furan rings is 1. The van der Waals surface area contributed by atoms with Crippen LogP contribution in [0.25, 0.3) is 0 Å². The van der Waals surface area contributed by atoms with E-state index in [1.165, 1.54) is 16.4 Å². The van der Waals surface area contributed by atoms with Gasteiger partial charge in [0.25, 0.3) is 15.9 Å². The molecule has 0 bridgehead atoms. The van der Waals surface area contributed by atoms with Crippen molar-refractivity contribution in [1.82, 2.24) is 19.4 Å². The van der Waals surface area contributed by atoms with Crippen LogP contribution in [0.15, 0.2) is 27.7 Å². The zero-order valence-electron chi connectivity index (χ0n) is 16.3. The predicted octanol–water partition coefficient (Wildman–Crippen LogP) is 1.18. The Balaban J connectivity index is 1.57. The number of rotatable bonds is 7. The minimum atomic E-state index is -3.75. The highest BCUT2D eigenvalue weighted by molar-refractivity contribution is 7.89. The molecule has 1 fully saturated rings. The van der Waals surface area contributed by atoms with Crippen LogP contribution >= 0.6 is 0 Å². The van der Waals surface area contributed by atoms with Crippen LogP contribution in [0.1, 0.15) is 28.9 Å². The van der Waals surface area contributed by atoms with Crippen molar-refractivity contribution in [3.8, 4) is 0 Å². The highest BCUT2D eigenvalue weighted by Gasteiger charge is 2.30. The topological polar surface area (TPSA) is 107 Å². The van der Waals surface area contributed by atoms with Gasteiger partial charge in [-0.3, -0.25) is 9.48 Å². The lowest BCUT2D eigenvalue weighted by molar-refractivity contribution is 0.0722. The third-order valence-electron chi connectivity index (χ3n) is 4.57. The second kappa shape index (κ2) is 8.46. The van der Waals surface area contributed by atoms with Crippen molar-refractivity contribution >= 4 is 15.9 Å². The molecule has 28 heavy (non-hydrogen) atoms. The lowest BCUT2D eigenvalue weighted by Gasteiger charge is -2.24. The van der Waals surface area contributed by atoms with Crippen molar-refractivity contribution in [3.05, 3.63) is 35.3 Å². The quantitative estimate of drug-likeness (QED) is 0.735. The summed E-state index contributed by atoms with van der Waals surface area (Å²) in [7, 11) is -3.75. The number of aryl methyl sites for hydroxylation is 2. The SMILES string of the molecule is Cc1cc(C)n(CC(C)CNC(=O)c2ccc(S(=O)(=O)N3CCOCC3)o2)n1. The van der Waals surface area contributed by atoms with Gasteiger partial charge >= 0.3 is 0 Å². The summed E-state index contributed by atoms with van der Waals surface area (Å²) in [5, 5.41) is 6.98. The van der Waals surface area contributed by atoms with Crippen molar-refractivity contribution in [2.45, 2.75) is 32.4 Å². The number of ether oxygens (including phenoxy) is 1. The van der Waals surface area contributed by atoms with E-state index in [0.717, 1.165) is 11.4 Å². The Morgan fingerprint density at radius 2 is 2.00 bits per heavy atom. The van der Waals surface area contributed by atoms with Gasteiger partial charge in [0.2, 0.25) is 5.09 Å². The molecular formula is C18H26N4O5S. The van der Waals surface area contributed by atoms with Crippen molar-refractivity contribution in [2.75, 3.05) is 32.8 Å². The third kappa shape index (κ3) is 4.62. The first kappa shape index (κ1) is 20.6. The van der Waals surface area contributed by atoms with Gasteiger partial charge in [0.05, 0.1) is 18.9 Å². The maximum absolute atomic E-state index is 12.6. The van der Waals surface area contributed by atoms with E-state index in [1.807, 2.05) is 31.5 Å². The normalized spacial score (nSPS) is 16.8. The van der Waals surface area contributed by atoms with E-state index < -0.39 is 15.9 Å². The molecule has 3 rings (SSSR count). The van der Waals surface area contributed by atoms with Crippen LogP contribution in [0.5, 0.6) is 0 Å². The highest BCUT2D eigenvalue weighted by atomic mass is 32.2. The molecule has 1 amide bonds. The molecule has 2 aromatic rings. The first-order valence-corrected chi connectivity index (χ1v) is 10.7. The van der Waals surface area contributed by atoms with E-state index in [1.54, 1.807) is 0 Å². The fourth-order valence-electron chi connectivity index (χ4n) is 3.07. The van der Waals surface area contributed by atoms with E-state index >= 15 is 0 Å². The standard InChI is InChI=1S/C18H26N4O5S/c1-13(12-22-15(3)10-14(2)20-22)11-19-18(23)16-4-5-17(27-16)28(24,25)21-6-8-26-9-7-21/h4-5,10,13H,6-9,11-12H2,1-3H3,(H,19,23). The fraction of sp³-hybridized carbons (Fsp3) is 0.556. The molecule has 154 valence electrons. The zero-order valence-corrected chi connectivity index (χ0v) is 17.2. The molecule has 1 unspecified atom stereocenters. The number of morpholine rings is 1. The fourth-order valence-corrected chi connectivity index (χ4v) is 4.39. The summed E-state index contributed by atoms with van der Waals surface area (Å²) >= 11 is 0. The molecule has 2 aromatic heterocycles. The number of carbonyl (C=O) groups excluding carboxylic acids is 1. The summed E-state index contributed by atoms with van der Waals surface area (Å²) in [6, 6.07) is 4.71. The monoisotopic (exact) mass is 410 g/mol. The van der Waals surface area contributed by atoms with Crippen molar-refractivity contribution in [3.63, 3.8) is 0 Å². The highest BCUT2D eigenvalue weighted by Crippen LogP contribution is 2.20. The number of carbonyl (C=O) groups is 1. The van der Waals surface area contributed by atoms with Crippen molar-refractivity contribution < 1.29 is 22.4 Å². The van der Waals surface area contributed by atoms with E-state index in [-0.39, 0.29) is 29.9 Å². The molecule has 0 aliphatic carbocycles. The predicted molar refractivity (Wildman–Crippen MR) is 101 cm³/mol. The van der Waals surface area contributed by atoms with Gasteiger partial charge in [-0.2, -0.15) is 9.40 Å². The number of nitrogens with zero attached hydrogens (tertiary/aromatic N) is 3. The van der Waals surface area contributed by atoms with E-state index in [9.17, 15) is 13.2 Å². The average Bonchev–Trinajstić information content (AvgIpc) is 3.28. The molecular weight excluding hydrogens is 384 g/mol. The Morgan fingerprint density at radius 1 is 1.29 bits per heavy atom. The number of sulfonamides is 1. The smallest absolute Gasteiger partial charge is 0.287 e. The van der Waals surface area contributed by atoms with Gasteiger partial charge in [0, 0.05) is 31.9 Å².